The van der Waals surface area contributed by atoms with Crippen LogP contribution in [0.1, 0.15) is 30.1 Å². The molecule has 0 unspecified atom stereocenters. The molecular formula is C11H12F2OS. The van der Waals surface area contributed by atoms with E-state index in [1.54, 1.807) is 0 Å². The van der Waals surface area contributed by atoms with Crippen LogP contribution in [0.25, 0.3) is 0 Å². The van der Waals surface area contributed by atoms with Crippen LogP contribution >= 0.6 is 11.8 Å². The molecule has 1 nitrogen and oxygen atoms in total. The Labute approximate surface area is 91.9 Å². The van der Waals surface area contributed by atoms with Crippen LogP contribution in [0.5, 0.6) is 0 Å². The van der Waals surface area contributed by atoms with Crippen LogP contribution in [-0.2, 0) is 0 Å². The second-order valence-electron chi connectivity index (χ2n) is 3.13. The van der Waals surface area contributed by atoms with Crippen LogP contribution in [0.4, 0.5) is 8.78 Å². The maximum Gasteiger partial charge on any atom is 0.150 e. The molecule has 4 heteroatoms. The Balaban J connectivity index is 2.83. The molecule has 0 saturated heterocycles. The first-order valence-electron chi connectivity index (χ1n) is 4.76. The summed E-state index contributed by atoms with van der Waals surface area (Å²) in [5, 5.41) is 0. The monoisotopic (exact) mass is 230 g/mol. The molecule has 0 aliphatic rings. The molecule has 0 amide bonds. The number of carbonyl (C=O) groups is 1. The number of unbranched alkanes of at least 4 members (excludes halogenated alkanes) is 1. The third kappa shape index (κ3) is 3.30. The van der Waals surface area contributed by atoms with Gasteiger partial charge in [-0.3, -0.25) is 4.79 Å². The fraction of sp³-hybridized carbons (Fsp3) is 0.364. The molecule has 0 spiro atoms. The first-order valence-corrected chi connectivity index (χ1v) is 5.74. The Kier molecular flexibility index (Phi) is 4.75. The van der Waals surface area contributed by atoms with E-state index in [4.69, 9.17) is 0 Å². The molecule has 0 heterocycles. The van der Waals surface area contributed by atoms with Crippen LogP contribution in [0.3, 0.4) is 0 Å². The summed E-state index contributed by atoms with van der Waals surface area (Å²) in [7, 11) is 0. The fourth-order valence-electron chi connectivity index (χ4n) is 1.10. The second-order valence-corrected chi connectivity index (χ2v) is 4.24. The average molecular weight is 230 g/mol. The molecule has 0 aliphatic carbocycles. The molecule has 0 aliphatic heterocycles. The summed E-state index contributed by atoms with van der Waals surface area (Å²) in [6.45, 7) is 2.02. The Morgan fingerprint density at radius 1 is 1.33 bits per heavy atom. The third-order valence-electron chi connectivity index (χ3n) is 1.90. The summed E-state index contributed by atoms with van der Waals surface area (Å²) < 4.78 is 26.6. The quantitative estimate of drug-likeness (QED) is 0.436. The van der Waals surface area contributed by atoms with Gasteiger partial charge in [0.2, 0.25) is 0 Å². The van der Waals surface area contributed by atoms with E-state index in [1.807, 2.05) is 6.92 Å². The maximum atomic E-state index is 13.3. The molecule has 0 N–H and O–H groups in total. The minimum absolute atomic E-state index is 0.00838. The van der Waals surface area contributed by atoms with Gasteiger partial charge in [0.25, 0.3) is 0 Å². The average Bonchev–Trinajstić information content (AvgIpc) is 2.22. The van der Waals surface area contributed by atoms with Crippen molar-refractivity contribution >= 4 is 18.0 Å². The van der Waals surface area contributed by atoms with Gasteiger partial charge in [0.1, 0.15) is 17.9 Å². The highest BCUT2D eigenvalue weighted by molar-refractivity contribution is 7.99. The van der Waals surface area contributed by atoms with E-state index in [0.29, 0.717) is 12.0 Å². The van der Waals surface area contributed by atoms with Crippen LogP contribution < -0.4 is 0 Å². The van der Waals surface area contributed by atoms with Crippen molar-refractivity contribution in [2.24, 2.45) is 0 Å². The summed E-state index contributed by atoms with van der Waals surface area (Å²) in [4.78, 5) is 10.4. The highest BCUT2D eigenvalue weighted by Crippen LogP contribution is 2.26. The van der Waals surface area contributed by atoms with Gasteiger partial charge < -0.3 is 0 Å². The van der Waals surface area contributed by atoms with Crippen LogP contribution in [0.15, 0.2) is 17.0 Å². The standard InChI is InChI=1S/C11H12F2OS/c1-2-3-4-15-11-9(12)5-8(7-14)6-10(11)13/h5-7H,2-4H2,1H3. The first kappa shape index (κ1) is 12.2. The lowest BCUT2D eigenvalue weighted by Gasteiger charge is -2.04. The molecule has 82 valence electrons. The number of hydrogen-bond donors (Lipinski definition) is 0. The van der Waals surface area contributed by atoms with E-state index in [9.17, 15) is 13.6 Å². The normalized spacial score (nSPS) is 10.3. The number of benzene rings is 1. The number of halogens is 2. The summed E-state index contributed by atoms with van der Waals surface area (Å²) in [6, 6.07) is 2.12. The van der Waals surface area contributed by atoms with Crippen molar-refractivity contribution in [1.29, 1.82) is 0 Å². The number of aldehydes is 1. The van der Waals surface area contributed by atoms with Gasteiger partial charge in [0.15, 0.2) is 0 Å². The molecule has 0 aromatic heterocycles. The van der Waals surface area contributed by atoms with Gasteiger partial charge >= 0.3 is 0 Å². The molecule has 1 rings (SSSR count). The molecule has 15 heavy (non-hydrogen) atoms. The van der Waals surface area contributed by atoms with Crippen molar-refractivity contribution in [3.05, 3.63) is 29.3 Å². The van der Waals surface area contributed by atoms with E-state index in [-0.39, 0.29) is 10.5 Å². The molecule has 1 aromatic rings. The maximum absolute atomic E-state index is 13.3. The van der Waals surface area contributed by atoms with E-state index in [1.165, 1.54) is 0 Å². The predicted molar refractivity (Wildman–Crippen MR) is 57.4 cm³/mol. The lowest BCUT2D eigenvalue weighted by molar-refractivity contribution is 0.112. The van der Waals surface area contributed by atoms with Gasteiger partial charge in [0.05, 0.1) is 4.90 Å². The van der Waals surface area contributed by atoms with Crippen molar-refractivity contribution in [2.45, 2.75) is 24.7 Å². The van der Waals surface area contributed by atoms with Crippen molar-refractivity contribution in [1.82, 2.24) is 0 Å². The van der Waals surface area contributed by atoms with Crippen molar-refractivity contribution in [3.8, 4) is 0 Å². The van der Waals surface area contributed by atoms with Crippen molar-refractivity contribution in [2.75, 3.05) is 5.75 Å². The number of carbonyl (C=O) groups excluding carboxylic acids is 1. The van der Waals surface area contributed by atoms with Crippen LogP contribution in [0.2, 0.25) is 0 Å². The van der Waals surface area contributed by atoms with Gasteiger partial charge in [-0.1, -0.05) is 13.3 Å². The van der Waals surface area contributed by atoms with Gasteiger partial charge in [-0.15, -0.1) is 11.8 Å². The highest BCUT2D eigenvalue weighted by Gasteiger charge is 2.11. The van der Waals surface area contributed by atoms with E-state index in [2.05, 4.69) is 0 Å². The zero-order valence-electron chi connectivity index (χ0n) is 8.43. The summed E-state index contributed by atoms with van der Waals surface area (Å²) in [5.74, 6) is -0.624. The molecule has 0 fully saturated rings. The summed E-state index contributed by atoms with van der Waals surface area (Å²) in [6.07, 6.45) is 2.34. The van der Waals surface area contributed by atoms with Gasteiger partial charge in [-0.2, -0.15) is 0 Å². The summed E-state index contributed by atoms with van der Waals surface area (Å²) >= 11 is 1.15. The molecule has 0 radical (unpaired) electrons. The fourth-order valence-corrected chi connectivity index (χ4v) is 2.13. The lowest BCUT2D eigenvalue weighted by Crippen LogP contribution is -1.93. The summed E-state index contributed by atoms with van der Waals surface area (Å²) in [5.41, 5.74) is 0.0323. The SMILES string of the molecule is CCCCSc1c(F)cc(C=O)cc1F. The Morgan fingerprint density at radius 3 is 2.40 bits per heavy atom. The van der Waals surface area contributed by atoms with Gasteiger partial charge in [0, 0.05) is 5.56 Å². The molecule has 1 aromatic carbocycles. The number of rotatable bonds is 5. The lowest BCUT2D eigenvalue weighted by atomic mass is 10.2. The van der Waals surface area contributed by atoms with Gasteiger partial charge in [-0.05, 0) is 24.3 Å². The number of hydrogen-bond acceptors (Lipinski definition) is 2. The number of thioether (sulfide) groups is 1. The van der Waals surface area contributed by atoms with Gasteiger partial charge in [-0.25, -0.2) is 8.78 Å². The minimum Gasteiger partial charge on any atom is -0.298 e. The van der Waals surface area contributed by atoms with Crippen molar-refractivity contribution in [3.63, 3.8) is 0 Å². The Hall–Kier alpha value is -0.900. The minimum atomic E-state index is -0.654. The smallest absolute Gasteiger partial charge is 0.150 e. The van der Waals surface area contributed by atoms with E-state index in [0.717, 1.165) is 36.7 Å². The van der Waals surface area contributed by atoms with Crippen molar-refractivity contribution < 1.29 is 13.6 Å². The highest BCUT2D eigenvalue weighted by atomic mass is 32.2. The molecular weight excluding hydrogens is 218 g/mol. The first-order chi connectivity index (χ1) is 7.19. The van der Waals surface area contributed by atoms with E-state index >= 15 is 0 Å². The third-order valence-corrected chi connectivity index (χ3v) is 3.07. The van der Waals surface area contributed by atoms with Crippen LogP contribution in [0, 0.1) is 11.6 Å². The molecule has 0 saturated carbocycles. The van der Waals surface area contributed by atoms with E-state index < -0.39 is 11.6 Å². The molecule has 0 bridgehead atoms. The van der Waals surface area contributed by atoms with Crippen LogP contribution in [-0.4, -0.2) is 12.0 Å². The zero-order valence-corrected chi connectivity index (χ0v) is 9.24. The zero-order chi connectivity index (χ0) is 11.3. The Morgan fingerprint density at radius 2 is 1.93 bits per heavy atom. The predicted octanol–water partition coefficient (Wildman–Crippen LogP) is 3.67. The Bertz CT molecular complexity index is 329. The topological polar surface area (TPSA) is 17.1 Å². The largest absolute Gasteiger partial charge is 0.298 e. The second kappa shape index (κ2) is 5.85. The molecule has 0 atom stereocenters.